The number of carbonyl (C=O) groups is 1. The average molecular weight is 740 g/mol. The van der Waals surface area contributed by atoms with Crippen LogP contribution in [0.1, 0.15) is 114 Å². The fourth-order valence-electron chi connectivity index (χ4n) is 7.31. The van der Waals surface area contributed by atoms with Gasteiger partial charge in [0, 0.05) is 36.7 Å². The van der Waals surface area contributed by atoms with Crippen LogP contribution in [0.4, 0.5) is 4.39 Å². The molecule has 1 N–H and O–H groups in total. The molecule has 1 aliphatic heterocycles. The first-order valence-corrected chi connectivity index (χ1v) is 17.4. The molecule has 10 heteroatoms. The topological polar surface area (TPSA) is 59.4 Å². The Morgan fingerprint density at radius 2 is 1.63 bits per heavy atom. The fraction of sp³-hybridized carbons (Fsp3) is 0.590. The number of nitrogens with zero attached hydrogens (tertiary/aromatic N) is 3. The van der Waals surface area contributed by atoms with Crippen molar-refractivity contribution in [2.75, 3.05) is 26.2 Å². The van der Waals surface area contributed by atoms with E-state index in [1.54, 1.807) is 12.1 Å². The predicted octanol–water partition coefficient (Wildman–Crippen LogP) is 8.87. The molecule has 1 aromatic heterocycles. The maximum absolute atomic E-state index is 14.3. The maximum atomic E-state index is 14.3. The number of hydrogen-bond donors (Lipinski definition) is 1. The number of esters is 1. The van der Waals surface area contributed by atoms with Gasteiger partial charge in [-0.15, -0.1) is 37.2 Å². The van der Waals surface area contributed by atoms with Gasteiger partial charge in [-0.2, -0.15) is 5.10 Å². The Kier molecular flexibility index (Phi) is 16.1. The Morgan fingerprint density at radius 3 is 2.22 bits per heavy atom. The van der Waals surface area contributed by atoms with E-state index >= 15 is 0 Å². The van der Waals surface area contributed by atoms with E-state index < -0.39 is 0 Å². The first-order valence-electron chi connectivity index (χ1n) is 17.4. The van der Waals surface area contributed by atoms with Crippen LogP contribution in [0.15, 0.2) is 54.6 Å². The summed E-state index contributed by atoms with van der Waals surface area (Å²) in [7, 11) is 0. The van der Waals surface area contributed by atoms with Crippen molar-refractivity contribution in [3.63, 3.8) is 0 Å². The number of aromatic nitrogens is 2. The molecular weight excluding hydrogens is 682 g/mol. The monoisotopic (exact) mass is 738 g/mol. The zero-order valence-corrected chi connectivity index (χ0v) is 32.8. The number of benzene rings is 2. The zero-order valence-electron chi connectivity index (χ0n) is 30.3. The summed E-state index contributed by atoms with van der Waals surface area (Å²) < 4.78 is 22.4. The lowest BCUT2D eigenvalue weighted by Crippen LogP contribution is -2.40. The molecule has 2 aliphatic rings. The summed E-state index contributed by atoms with van der Waals surface area (Å²) in [6, 6.07) is 18.3. The highest BCUT2D eigenvalue weighted by Gasteiger charge is 2.39. The highest BCUT2D eigenvalue weighted by Crippen LogP contribution is 2.42. The number of piperidine rings is 1. The molecule has 2 heterocycles. The van der Waals surface area contributed by atoms with Gasteiger partial charge in [0.2, 0.25) is 0 Å². The van der Waals surface area contributed by atoms with Crippen LogP contribution in [0, 0.1) is 11.7 Å². The third-order valence-corrected chi connectivity index (χ3v) is 9.85. The van der Waals surface area contributed by atoms with Crippen molar-refractivity contribution in [1.82, 2.24) is 20.0 Å². The minimum Gasteiger partial charge on any atom is -0.461 e. The van der Waals surface area contributed by atoms with Gasteiger partial charge in [-0.05, 0) is 119 Å². The summed E-state index contributed by atoms with van der Waals surface area (Å²) in [6.45, 7) is 19.1. The molecule has 3 aromatic rings. The van der Waals surface area contributed by atoms with E-state index in [0.29, 0.717) is 11.8 Å². The van der Waals surface area contributed by atoms with E-state index in [9.17, 15) is 9.18 Å². The number of rotatable bonds is 10. The summed E-state index contributed by atoms with van der Waals surface area (Å²) in [6.07, 6.45) is 4.45. The Morgan fingerprint density at radius 1 is 0.959 bits per heavy atom. The minimum absolute atomic E-state index is 0. The molecule has 1 saturated heterocycles. The first kappa shape index (κ1) is 43.0. The highest BCUT2D eigenvalue weighted by atomic mass is 35.5. The van der Waals surface area contributed by atoms with Crippen molar-refractivity contribution >= 4 is 43.2 Å². The van der Waals surface area contributed by atoms with Crippen molar-refractivity contribution in [2.24, 2.45) is 5.92 Å². The van der Waals surface area contributed by atoms with Crippen molar-refractivity contribution in [1.29, 1.82) is 0 Å². The van der Waals surface area contributed by atoms with E-state index in [1.807, 2.05) is 26.8 Å². The smallest absolute Gasteiger partial charge is 0.320 e. The van der Waals surface area contributed by atoms with E-state index in [-0.39, 0.29) is 78.5 Å². The van der Waals surface area contributed by atoms with Crippen LogP contribution in [0.2, 0.25) is 0 Å². The number of hydrogen-bond acceptors (Lipinski definition) is 5. The zero-order chi connectivity index (χ0) is 33.1. The van der Waals surface area contributed by atoms with Crippen LogP contribution in [-0.2, 0) is 27.9 Å². The number of ether oxygens (including phenoxy) is 1. The number of likely N-dealkylation sites (tertiary alicyclic amines) is 1. The van der Waals surface area contributed by atoms with Crippen LogP contribution < -0.4 is 5.32 Å². The third-order valence-electron chi connectivity index (χ3n) is 9.85. The lowest BCUT2D eigenvalue weighted by Gasteiger charge is -2.35. The molecule has 49 heavy (non-hydrogen) atoms. The van der Waals surface area contributed by atoms with Gasteiger partial charge < -0.3 is 15.0 Å². The van der Waals surface area contributed by atoms with E-state index in [2.05, 4.69) is 72.9 Å². The molecule has 5 rings (SSSR count). The summed E-state index contributed by atoms with van der Waals surface area (Å²) in [5.74, 6) is 0.550. The van der Waals surface area contributed by atoms with Gasteiger partial charge in [0.1, 0.15) is 11.9 Å². The fourth-order valence-corrected chi connectivity index (χ4v) is 7.31. The van der Waals surface area contributed by atoms with Gasteiger partial charge in [-0.3, -0.25) is 9.48 Å². The highest BCUT2D eigenvalue weighted by molar-refractivity contribution is 5.86. The molecule has 0 amide bonds. The predicted molar refractivity (Wildman–Crippen MR) is 206 cm³/mol. The first-order chi connectivity index (χ1) is 21.8. The summed E-state index contributed by atoms with van der Waals surface area (Å²) >= 11 is 0. The number of halogens is 4. The van der Waals surface area contributed by atoms with E-state index in [1.165, 1.54) is 22.9 Å². The molecule has 0 spiro atoms. The van der Waals surface area contributed by atoms with Gasteiger partial charge in [0.25, 0.3) is 0 Å². The molecular formula is C39H58Cl3FN4O2. The van der Waals surface area contributed by atoms with Gasteiger partial charge >= 0.3 is 5.97 Å². The Balaban J connectivity index is 0.00000278. The normalized spacial score (nSPS) is 20.2. The molecule has 2 aromatic carbocycles. The minimum atomic E-state index is -0.215. The molecule has 0 unspecified atom stereocenters. The SMILES string of the molecule is CCn1nc(Cc2ccc(C(C)(C)C)cc2)cc1C1CCN(C[C@H]2C[C@H](OC(=O)CNC(C)(C)C)C[C@@H]2c2cccc(F)c2)CC1.Cl.Cl.Cl. The molecule has 6 nitrogen and oxygen atoms in total. The second kappa shape index (κ2) is 18.4. The Hall–Kier alpha value is -2.16. The lowest BCUT2D eigenvalue weighted by molar-refractivity contribution is -0.148. The van der Waals surface area contributed by atoms with Crippen LogP contribution in [-0.4, -0.2) is 58.5 Å². The van der Waals surface area contributed by atoms with Gasteiger partial charge in [0.15, 0.2) is 0 Å². The van der Waals surface area contributed by atoms with Crippen molar-refractivity contribution in [3.05, 3.63) is 88.5 Å². The van der Waals surface area contributed by atoms with Crippen molar-refractivity contribution < 1.29 is 13.9 Å². The molecule has 1 saturated carbocycles. The Labute approximate surface area is 312 Å². The maximum Gasteiger partial charge on any atom is 0.320 e. The number of nitrogens with one attached hydrogen (secondary N) is 1. The molecule has 1 aliphatic carbocycles. The van der Waals surface area contributed by atoms with Crippen LogP contribution >= 0.6 is 37.2 Å². The third kappa shape index (κ3) is 12.0. The summed E-state index contributed by atoms with van der Waals surface area (Å²) in [4.78, 5) is 15.2. The van der Waals surface area contributed by atoms with Crippen molar-refractivity contribution in [3.8, 4) is 0 Å². The van der Waals surface area contributed by atoms with Gasteiger partial charge in [0.05, 0.1) is 12.2 Å². The standard InChI is InChI=1S/C39H55FN4O2.3ClH/c1-8-44-36(23-33(42-44)20-27-12-14-31(15-13-27)38(2,3)4)28-16-18-43(19-17-28)26-30-22-34(46-37(45)25-41-39(5,6)7)24-35(30)29-10-9-11-32(40)21-29;;;/h9-15,21,23,28,30,34-35,41H,8,16-20,22,24-26H2,1-7H3;3*1H/t30-,34+,35-;;;/m1.../s1. The average Bonchev–Trinajstić information content (AvgIpc) is 3.59. The van der Waals surface area contributed by atoms with Crippen LogP contribution in [0.3, 0.4) is 0 Å². The summed E-state index contributed by atoms with van der Waals surface area (Å²) in [5.41, 5.74) is 6.17. The van der Waals surface area contributed by atoms with Crippen molar-refractivity contribution in [2.45, 2.75) is 116 Å². The Bertz CT molecular complexity index is 1460. The second-order valence-corrected chi connectivity index (χ2v) is 15.7. The number of aryl methyl sites for hydroxylation is 1. The van der Waals surface area contributed by atoms with Gasteiger partial charge in [-0.25, -0.2) is 4.39 Å². The molecule has 274 valence electrons. The van der Waals surface area contributed by atoms with E-state index in [4.69, 9.17) is 9.84 Å². The quantitative estimate of drug-likeness (QED) is 0.211. The molecule has 3 atom stereocenters. The molecule has 0 bridgehead atoms. The summed E-state index contributed by atoms with van der Waals surface area (Å²) in [5, 5.41) is 8.24. The van der Waals surface area contributed by atoms with Crippen LogP contribution in [0.25, 0.3) is 0 Å². The van der Waals surface area contributed by atoms with Crippen LogP contribution in [0.5, 0.6) is 0 Å². The number of carbonyl (C=O) groups excluding carboxylic acids is 1. The van der Waals surface area contributed by atoms with E-state index in [0.717, 1.165) is 69.5 Å². The molecule has 0 radical (unpaired) electrons. The largest absolute Gasteiger partial charge is 0.461 e. The second-order valence-electron chi connectivity index (χ2n) is 15.7. The van der Waals surface area contributed by atoms with Gasteiger partial charge in [-0.1, -0.05) is 57.2 Å². The lowest BCUT2D eigenvalue weighted by atomic mass is 9.86. The molecule has 2 fully saturated rings.